The second-order valence-corrected chi connectivity index (χ2v) is 7.22. The predicted octanol–water partition coefficient (Wildman–Crippen LogP) is 0.420. The zero-order chi connectivity index (χ0) is 14.8. The number of carbonyl (C=O) groups is 1. The molecule has 8 heteroatoms. The molecule has 1 aliphatic rings. The smallest absolute Gasteiger partial charge is 0.227 e. The molecule has 1 saturated heterocycles. The molecule has 7 nitrogen and oxygen atoms in total. The van der Waals surface area contributed by atoms with Crippen molar-refractivity contribution in [2.24, 2.45) is 13.0 Å². The Labute approximate surface area is 119 Å². The Morgan fingerprint density at radius 1 is 1.45 bits per heavy atom. The molecule has 1 aliphatic heterocycles. The highest BCUT2D eigenvalue weighted by Gasteiger charge is 2.30. The monoisotopic (exact) mass is 300 g/mol. The number of anilines is 1. The Bertz CT molecular complexity index is 573. The van der Waals surface area contributed by atoms with Crippen LogP contribution in [-0.2, 0) is 21.9 Å². The minimum Gasteiger partial charge on any atom is -0.323 e. The minimum atomic E-state index is -3.14. The van der Waals surface area contributed by atoms with Crippen LogP contribution in [0.2, 0.25) is 0 Å². The fourth-order valence-electron chi connectivity index (χ4n) is 2.31. The van der Waals surface area contributed by atoms with E-state index in [0.29, 0.717) is 31.6 Å². The molecule has 1 N–H and O–H groups in total. The highest BCUT2D eigenvalue weighted by molar-refractivity contribution is 7.89. The van der Waals surface area contributed by atoms with Gasteiger partial charge in [0, 0.05) is 32.3 Å². The molecule has 0 unspecified atom stereocenters. The van der Waals surface area contributed by atoms with E-state index in [1.807, 2.05) is 0 Å². The summed E-state index contributed by atoms with van der Waals surface area (Å²) in [5, 5.41) is 6.79. The van der Waals surface area contributed by atoms with E-state index < -0.39 is 10.0 Å². The molecule has 0 aliphatic carbocycles. The molecule has 2 heterocycles. The summed E-state index contributed by atoms with van der Waals surface area (Å²) in [6, 6.07) is 0. The van der Waals surface area contributed by atoms with Gasteiger partial charge in [0.2, 0.25) is 15.9 Å². The van der Waals surface area contributed by atoms with Gasteiger partial charge in [0.05, 0.1) is 17.6 Å². The van der Waals surface area contributed by atoms with Crippen molar-refractivity contribution < 1.29 is 13.2 Å². The van der Waals surface area contributed by atoms with Crippen molar-refractivity contribution in [2.45, 2.75) is 19.8 Å². The maximum absolute atomic E-state index is 12.1. The van der Waals surface area contributed by atoms with Crippen LogP contribution in [0.1, 0.15) is 19.8 Å². The lowest BCUT2D eigenvalue weighted by Gasteiger charge is -2.30. The molecule has 0 radical (unpaired) electrons. The lowest BCUT2D eigenvalue weighted by molar-refractivity contribution is -0.120. The molecule has 0 aromatic carbocycles. The number of sulfonamides is 1. The van der Waals surface area contributed by atoms with E-state index in [9.17, 15) is 13.2 Å². The van der Waals surface area contributed by atoms with Crippen molar-refractivity contribution in [3.63, 3.8) is 0 Å². The molecule has 0 saturated carbocycles. The third kappa shape index (κ3) is 3.37. The summed E-state index contributed by atoms with van der Waals surface area (Å²) < 4.78 is 26.6. The van der Waals surface area contributed by atoms with E-state index in [0.717, 1.165) is 0 Å². The summed E-state index contributed by atoms with van der Waals surface area (Å²) in [6.07, 6.45) is 4.44. The van der Waals surface area contributed by atoms with Gasteiger partial charge in [-0.05, 0) is 19.8 Å². The SMILES string of the molecule is CCS(=O)(=O)N1CCC(C(=O)Nc2cnn(C)c2)CC1. The predicted molar refractivity (Wildman–Crippen MR) is 75.6 cm³/mol. The lowest BCUT2D eigenvalue weighted by Crippen LogP contribution is -2.42. The quantitative estimate of drug-likeness (QED) is 0.873. The van der Waals surface area contributed by atoms with E-state index >= 15 is 0 Å². The molecule has 0 atom stereocenters. The Hall–Kier alpha value is -1.41. The number of piperidine rings is 1. The third-order valence-corrected chi connectivity index (χ3v) is 5.44. The van der Waals surface area contributed by atoms with Crippen LogP contribution >= 0.6 is 0 Å². The van der Waals surface area contributed by atoms with Gasteiger partial charge in [0.15, 0.2) is 0 Å². The Morgan fingerprint density at radius 2 is 2.10 bits per heavy atom. The third-order valence-electron chi connectivity index (χ3n) is 3.56. The summed E-state index contributed by atoms with van der Waals surface area (Å²) >= 11 is 0. The van der Waals surface area contributed by atoms with Crippen molar-refractivity contribution in [3.05, 3.63) is 12.4 Å². The van der Waals surface area contributed by atoms with Gasteiger partial charge in [-0.15, -0.1) is 0 Å². The number of nitrogens with one attached hydrogen (secondary N) is 1. The first-order valence-corrected chi connectivity index (χ1v) is 8.30. The number of aromatic nitrogens is 2. The van der Waals surface area contributed by atoms with Crippen molar-refractivity contribution in [1.29, 1.82) is 0 Å². The van der Waals surface area contributed by atoms with Gasteiger partial charge in [0.25, 0.3) is 0 Å². The molecule has 1 aromatic heterocycles. The van der Waals surface area contributed by atoms with Crippen LogP contribution in [0.4, 0.5) is 5.69 Å². The molecular weight excluding hydrogens is 280 g/mol. The first-order valence-electron chi connectivity index (χ1n) is 6.69. The van der Waals surface area contributed by atoms with E-state index in [-0.39, 0.29) is 17.6 Å². The van der Waals surface area contributed by atoms with Gasteiger partial charge in [-0.3, -0.25) is 9.48 Å². The minimum absolute atomic E-state index is 0.0634. The van der Waals surface area contributed by atoms with Crippen LogP contribution < -0.4 is 5.32 Å². The van der Waals surface area contributed by atoms with E-state index in [4.69, 9.17) is 0 Å². The Balaban J connectivity index is 1.89. The topological polar surface area (TPSA) is 84.3 Å². The molecule has 1 amide bonds. The van der Waals surface area contributed by atoms with Crippen LogP contribution in [0.3, 0.4) is 0 Å². The number of carbonyl (C=O) groups excluding carboxylic acids is 1. The van der Waals surface area contributed by atoms with E-state index in [1.165, 1.54) is 4.31 Å². The number of hydrogen-bond acceptors (Lipinski definition) is 4. The summed E-state index contributed by atoms with van der Waals surface area (Å²) in [4.78, 5) is 12.1. The van der Waals surface area contributed by atoms with E-state index in [1.54, 1.807) is 31.0 Å². The highest BCUT2D eigenvalue weighted by atomic mass is 32.2. The van der Waals surface area contributed by atoms with Crippen LogP contribution in [0.25, 0.3) is 0 Å². The van der Waals surface area contributed by atoms with Crippen LogP contribution in [0, 0.1) is 5.92 Å². The first kappa shape index (κ1) is 15.0. The molecular formula is C12H20N4O3S. The average Bonchev–Trinajstić information content (AvgIpc) is 2.84. The summed E-state index contributed by atoms with van der Waals surface area (Å²) in [7, 11) is -1.36. The fourth-order valence-corrected chi connectivity index (χ4v) is 3.44. The zero-order valence-corrected chi connectivity index (χ0v) is 12.6. The molecule has 112 valence electrons. The Morgan fingerprint density at radius 3 is 2.60 bits per heavy atom. The second kappa shape index (κ2) is 5.92. The van der Waals surface area contributed by atoms with Gasteiger partial charge in [-0.2, -0.15) is 5.10 Å². The van der Waals surface area contributed by atoms with Gasteiger partial charge >= 0.3 is 0 Å². The van der Waals surface area contributed by atoms with Crippen LogP contribution in [0.15, 0.2) is 12.4 Å². The maximum Gasteiger partial charge on any atom is 0.227 e. The number of rotatable bonds is 4. The second-order valence-electron chi connectivity index (χ2n) is 4.97. The van der Waals surface area contributed by atoms with Gasteiger partial charge in [-0.1, -0.05) is 0 Å². The normalized spacial score (nSPS) is 18.1. The molecule has 0 spiro atoms. The number of hydrogen-bond donors (Lipinski definition) is 1. The molecule has 0 bridgehead atoms. The first-order chi connectivity index (χ1) is 9.42. The maximum atomic E-state index is 12.1. The van der Waals surface area contributed by atoms with Crippen molar-refractivity contribution in [1.82, 2.24) is 14.1 Å². The molecule has 1 aromatic rings. The number of aryl methyl sites for hydroxylation is 1. The number of amides is 1. The average molecular weight is 300 g/mol. The summed E-state index contributed by atoms with van der Waals surface area (Å²) in [5.41, 5.74) is 0.668. The molecule has 1 fully saturated rings. The van der Waals surface area contributed by atoms with Crippen molar-refractivity contribution in [2.75, 3.05) is 24.2 Å². The number of nitrogens with zero attached hydrogens (tertiary/aromatic N) is 3. The molecule has 20 heavy (non-hydrogen) atoms. The standard InChI is InChI=1S/C12H20N4O3S/c1-3-20(18,19)16-6-4-10(5-7-16)12(17)14-11-8-13-15(2)9-11/h8-10H,3-7H2,1-2H3,(H,14,17). The van der Waals surface area contributed by atoms with Gasteiger partial charge in [-0.25, -0.2) is 12.7 Å². The largest absolute Gasteiger partial charge is 0.323 e. The van der Waals surface area contributed by atoms with Crippen molar-refractivity contribution in [3.8, 4) is 0 Å². The van der Waals surface area contributed by atoms with Gasteiger partial charge in [0.1, 0.15) is 0 Å². The summed E-state index contributed by atoms with van der Waals surface area (Å²) in [6.45, 7) is 2.47. The Kier molecular flexibility index (Phi) is 4.44. The highest BCUT2D eigenvalue weighted by Crippen LogP contribution is 2.21. The molecule has 2 rings (SSSR count). The van der Waals surface area contributed by atoms with Crippen LogP contribution in [0.5, 0.6) is 0 Å². The van der Waals surface area contributed by atoms with Crippen LogP contribution in [-0.4, -0.2) is 47.3 Å². The van der Waals surface area contributed by atoms with Crippen molar-refractivity contribution >= 4 is 21.6 Å². The van der Waals surface area contributed by atoms with E-state index in [2.05, 4.69) is 10.4 Å². The fraction of sp³-hybridized carbons (Fsp3) is 0.667. The van der Waals surface area contributed by atoms with Gasteiger partial charge < -0.3 is 5.32 Å². The lowest BCUT2D eigenvalue weighted by atomic mass is 9.97. The zero-order valence-electron chi connectivity index (χ0n) is 11.7. The summed E-state index contributed by atoms with van der Waals surface area (Å²) in [5.74, 6) is -0.0930.